The Labute approximate surface area is 137 Å². The van der Waals surface area contributed by atoms with Crippen LogP contribution in [0.1, 0.15) is 38.2 Å². The lowest BCUT2D eigenvalue weighted by molar-refractivity contribution is 0.00594. The van der Waals surface area contributed by atoms with E-state index in [2.05, 4.69) is 5.32 Å². The number of aliphatic hydroxyl groups is 1. The van der Waals surface area contributed by atoms with Crippen LogP contribution in [0.5, 0.6) is 0 Å². The van der Waals surface area contributed by atoms with Gasteiger partial charge in [0.05, 0.1) is 11.4 Å². The summed E-state index contributed by atoms with van der Waals surface area (Å²) >= 11 is 5.80. The molecule has 0 amide bonds. The molecule has 0 bridgehead atoms. The number of piperidine rings is 1. The zero-order valence-corrected chi connectivity index (χ0v) is 14.3. The molecular weight excluding hydrogens is 326 g/mol. The van der Waals surface area contributed by atoms with Crippen molar-refractivity contribution in [2.24, 2.45) is 0 Å². The maximum absolute atomic E-state index is 10.4. The van der Waals surface area contributed by atoms with Crippen molar-refractivity contribution in [3.05, 3.63) is 34.9 Å². The second-order valence-electron chi connectivity index (χ2n) is 5.43. The van der Waals surface area contributed by atoms with Crippen LogP contribution in [0.4, 0.5) is 0 Å². The highest BCUT2D eigenvalue weighted by Gasteiger charge is 2.30. The van der Waals surface area contributed by atoms with Gasteiger partial charge in [0.1, 0.15) is 0 Å². The van der Waals surface area contributed by atoms with E-state index in [0.717, 1.165) is 37.9 Å². The molecule has 5 nitrogen and oxygen atoms in total. The molecule has 22 heavy (non-hydrogen) atoms. The van der Waals surface area contributed by atoms with E-state index in [-0.39, 0.29) is 5.75 Å². The normalized spacial score (nSPS) is 17.5. The van der Waals surface area contributed by atoms with Gasteiger partial charge in [0, 0.05) is 5.02 Å². The molecule has 1 aliphatic rings. The molecule has 0 aromatic heterocycles. The van der Waals surface area contributed by atoms with Crippen molar-refractivity contribution in [3.8, 4) is 0 Å². The lowest BCUT2D eigenvalue weighted by atomic mass is 9.85. The van der Waals surface area contributed by atoms with Gasteiger partial charge in [-0.05, 0) is 50.0 Å². The average Bonchev–Trinajstić information content (AvgIpc) is 2.46. The number of halogens is 1. The lowest BCUT2D eigenvalue weighted by Gasteiger charge is -2.33. The number of hydrogen-bond acceptors (Lipinski definition) is 4. The first-order chi connectivity index (χ1) is 10.3. The van der Waals surface area contributed by atoms with Gasteiger partial charge in [-0.15, -0.1) is 0 Å². The quantitative estimate of drug-likeness (QED) is 0.727. The zero-order chi connectivity index (χ0) is 16.6. The summed E-state index contributed by atoms with van der Waals surface area (Å²) in [4.78, 5) is 0. The smallest absolute Gasteiger partial charge is 0.264 e. The van der Waals surface area contributed by atoms with E-state index in [9.17, 15) is 13.5 Å². The predicted molar refractivity (Wildman–Crippen MR) is 88.8 cm³/mol. The van der Waals surface area contributed by atoms with Gasteiger partial charge in [-0.1, -0.05) is 37.1 Å². The van der Waals surface area contributed by atoms with E-state index in [1.807, 2.05) is 31.2 Å². The molecule has 1 aliphatic heterocycles. The van der Waals surface area contributed by atoms with Gasteiger partial charge in [0.25, 0.3) is 10.1 Å². The molecule has 0 spiro atoms. The Balaban J connectivity index is 0.000000261. The van der Waals surface area contributed by atoms with E-state index < -0.39 is 15.7 Å². The molecule has 1 aromatic rings. The van der Waals surface area contributed by atoms with Crippen molar-refractivity contribution < 1.29 is 18.1 Å². The average molecular weight is 350 g/mol. The van der Waals surface area contributed by atoms with Gasteiger partial charge in [-0.2, -0.15) is 8.42 Å². The summed E-state index contributed by atoms with van der Waals surface area (Å²) < 4.78 is 28.0. The van der Waals surface area contributed by atoms with E-state index in [1.54, 1.807) is 0 Å². The largest absolute Gasteiger partial charge is 0.385 e. The number of nitrogens with one attached hydrogen (secondary N) is 1. The Morgan fingerprint density at radius 3 is 2.18 bits per heavy atom. The molecule has 1 heterocycles. The number of rotatable bonds is 4. The highest BCUT2D eigenvalue weighted by atomic mass is 35.5. The molecule has 0 saturated carbocycles. The molecular formula is C15H24ClNO4S. The minimum atomic E-state index is -3.69. The summed E-state index contributed by atoms with van der Waals surface area (Å²) in [5, 5.41) is 14.3. The monoisotopic (exact) mass is 349 g/mol. The van der Waals surface area contributed by atoms with Crippen LogP contribution in [0, 0.1) is 0 Å². The first-order valence-corrected chi connectivity index (χ1v) is 9.40. The van der Waals surface area contributed by atoms with Crippen LogP contribution >= 0.6 is 11.6 Å². The molecule has 0 aliphatic carbocycles. The van der Waals surface area contributed by atoms with Crippen molar-refractivity contribution in [1.29, 1.82) is 0 Å². The predicted octanol–water partition coefficient (Wildman–Crippen LogP) is 2.59. The molecule has 126 valence electrons. The number of unbranched alkanes of at least 4 members (excludes halogenated alkanes) is 1. The Morgan fingerprint density at radius 2 is 1.77 bits per heavy atom. The van der Waals surface area contributed by atoms with Gasteiger partial charge in [-0.25, -0.2) is 0 Å². The second kappa shape index (κ2) is 8.84. The Morgan fingerprint density at radius 1 is 1.23 bits per heavy atom. The minimum Gasteiger partial charge on any atom is -0.385 e. The first kappa shape index (κ1) is 19.4. The third kappa shape index (κ3) is 7.07. The van der Waals surface area contributed by atoms with Crippen molar-refractivity contribution in [3.63, 3.8) is 0 Å². The molecule has 0 atom stereocenters. The van der Waals surface area contributed by atoms with Crippen LogP contribution < -0.4 is 5.32 Å². The zero-order valence-electron chi connectivity index (χ0n) is 12.8. The summed E-state index contributed by atoms with van der Waals surface area (Å²) in [5.41, 5.74) is 0.318. The van der Waals surface area contributed by atoms with E-state index in [0.29, 0.717) is 11.4 Å². The Hall–Kier alpha value is -0.660. The molecule has 1 fully saturated rings. The molecule has 7 heteroatoms. The van der Waals surface area contributed by atoms with Crippen molar-refractivity contribution in [2.45, 2.75) is 38.2 Å². The SMILES string of the molecule is CCCCS(=O)(=O)O.OC1(c2ccc(Cl)cc2)CCNCC1. The molecule has 1 saturated heterocycles. The topological polar surface area (TPSA) is 86.6 Å². The maximum Gasteiger partial charge on any atom is 0.264 e. The Kier molecular flexibility index (Phi) is 7.79. The van der Waals surface area contributed by atoms with E-state index >= 15 is 0 Å². The molecule has 0 radical (unpaired) electrons. The molecule has 0 unspecified atom stereocenters. The fraction of sp³-hybridized carbons (Fsp3) is 0.600. The summed E-state index contributed by atoms with van der Waals surface area (Å²) in [6, 6.07) is 7.48. The van der Waals surface area contributed by atoms with Gasteiger partial charge in [0.2, 0.25) is 0 Å². The summed E-state index contributed by atoms with van der Waals surface area (Å²) in [6.45, 7) is 3.61. The second-order valence-corrected chi connectivity index (χ2v) is 7.44. The highest BCUT2D eigenvalue weighted by molar-refractivity contribution is 7.85. The fourth-order valence-electron chi connectivity index (χ4n) is 2.22. The highest BCUT2D eigenvalue weighted by Crippen LogP contribution is 2.30. The van der Waals surface area contributed by atoms with Gasteiger partial charge in [-0.3, -0.25) is 4.55 Å². The maximum atomic E-state index is 10.4. The standard InChI is InChI=1S/C11H14ClNO.C4H10O3S/c12-10-3-1-9(2-4-10)11(14)5-7-13-8-6-11;1-2-3-4-8(5,6)7/h1-4,13-14H,5-8H2;2-4H2,1H3,(H,5,6,7). The summed E-state index contributed by atoms with van der Waals surface area (Å²) in [6.07, 6.45) is 2.88. The first-order valence-electron chi connectivity index (χ1n) is 7.41. The van der Waals surface area contributed by atoms with Crippen molar-refractivity contribution >= 4 is 21.7 Å². The van der Waals surface area contributed by atoms with E-state index in [1.165, 1.54) is 0 Å². The van der Waals surface area contributed by atoms with Crippen LogP contribution in [-0.4, -0.2) is 36.9 Å². The third-order valence-corrected chi connectivity index (χ3v) is 4.62. The van der Waals surface area contributed by atoms with Gasteiger partial charge < -0.3 is 10.4 Å². The van der Waals surface area contributed by atoms with Crippen molar-refractivity contribution in [1.82, 2.24) is 5.32 Å². The minimum absolute atomic E-state index is 0.108. The van der Waals surface area contributed by atoms with Crippen molar-refractivity contribution in [2.75, 3.05) is 18.8 Å². The molecule has 2 rings (SSSR count). The third-order valence-electron chi connectivity index (χ3n) is 3.57. The lowest BCUT2D eigenvalue weighted by Crippen LogP contribution is -2.39. The fourth-order valence-corrected chi connectivity index (χ4v) is 3.00. The van der Waals surface area contributed by atoms with Crippen LogP contribution in [0.25, 0.3) is 0 Å². The van der Waals surface area contributed by atoms with Crippen LogP contribution in [0.15, 0.2) is 24.3 Å². The van der Waals surface area contributed by atoms with Crippen LogP contribution in [0.2, 0.25) is 5.02 Å². The van der Waals surface area contributed by atoms with Crippen LogP contribution in [-0.2, 0) is 15.7 Å². The molecule has 1 aromatic carbocycles. The Bertz CT molecular complexity index is 539. The summed E-state index contributed by atoms with van der Waals surface area (Å²) in [7, 11) is -3.69. The number of hydrogen-bond donors (Lipinski definition) is 3. The summed E-state index contributed by atoms with van der Waals surface area (Å²) in [5.74, 6) is -0.108. The number of benzene rings is 1. The van der Waals surface area contributed by atoms with E-state index in [4.69, 9.17) is 16.2 Å². The van der Waals surface area contributed by atoms with Gasteiger partial charge in [0.15, 0.2) is 0 Å². The molecule has 3 N–H and O–H groups in total. The van der Waals surface area contributed by atoms with Gasteiger partial charge >= 0.3 is 0 Å². The van der Waals surface area contributed by atoms with Crippen LogP contribution in [0.3, 0.4) is 0 Å².